The number of nitriles is 1. The van der Waals surface area contributed by atoms with Gasteiger partial charge in [-0.25, -0.2) is 4.98 Å². The number of carbonyl (C=O) groups is 1. The van der Waals surface area contributed by atoms with E-state index in [-0.39, 0.29) is 5.91 Å². The van der Waals surface area contributed by atoms with Gasteiger partial charge < -0.3 is 10.2 Å². The number of hydrogen-bond donors (Lipinski definition) is 1. The number of carbonyl (C=O) groups excluding carboxylic acids is 1. The van der Waals surface area contributed by atoms with Gasteiger partial charge in [0.05, 0.1) is 21.8 Å². The maximum absolute atomic E-state index is 12.2. The number of aromatic nitrogens is 1. The van der Waals surface area contributed by atoms with Crippen molar-refractivity contribution in [2.24, 2.45) is 0 Å². The number of hydrogen-bond acceptors (Lipinski definition) is 6. The normalized spacial score (nSPS) is 14.7. The third-order valence-corrected chi connectivity index (χ3v) is 6.24. The van der Waals surface area contributed by atoms with Crippen LogP contribution in [0.1, 0.15) is 21.5 Å². The Morgan fingerprint density at radius 1 is 1.17 bits per heavy atom. The Balaban J connectivity index is 1.24. The number of benzene rings is 2. The number of piperazine rings is 1. The highest BCUT2D eigenvalue weighted by Crippen LogP contribution is 2.29. The summed E-state index contributed by atoms with van der Waals surface area (Å²) in [5.74, 6) is -0.0992. The molecule has 0 unspecified atom stereocenters. The maximum Gasteiger partial charge on any atom is 0.251 e. The van der Waals surface area contributed by atoms with Crippen molar-refractivity contribution < 1.29 is 4.79 Å². The maximum atomic E-state index is 12.2. The van der Waals surface area contributed by atoms with Crippen LogP contribution in [0.5, 0.6) is 0 Å². The van der Waals surface area contributed by atoms with Gasteiger partial charge >= 0.3 is 0 Å². The van der Waals surface area contributed by atoms with E-state index >= 15 is 0 Å². The summed E-state index contributed by atoms with van der Waals surface area (Å²) in [5.41, 5.74) is 3.48. The number of fused-ring (bicyclic) bond motifs is 1. The highest BCUT2D eigenvalue weighted by atomic mass is 32.1. The molecule has 29 heavy (non-hydrogen) atoms. The summed E-state index contributed by atoms with van der Waals surface area (Å²) in [5, 5.41) is 12.9. The Labute approximate surface area is 174 Å². The van der Waals surface area contributed by atoms with E-state index in [1.54, 1.807) is 35.6 Å². The number of nitrogens with zero attached hydrogens (tertiary/aromatic N) is 4. The van der Waals surface area contributed by atoms with Gasteiger partial charge in [-0.15, -0.1) is 0 Å². The average molecular weight is 406 g/mol. The molecule has 1 aliphatic heterocycles. The predicted octanol–water partition coefficient (Wildman–Crippen LogP) is 3.03. The molecule has 2 aromatic carbocycles. The van der Waals surface area contributed by atoms with Gasteiger partial charge in [-0.05, 0) is 48.9 Å². The zero-order valence-corrected chi connectivity index (χ0v) is 17.2. The summed E-state index contributed by atoms with van der Waals surface area (Å²) in [6, 6.07) is 15.2. The van der Waals surface area contributed by atoms with Crippen LogP contribution in [0.4, 0.5) is 5.13 Å². The van der Waals surface area contributed by atoms with E-state index in [0.29, 0.717) is 17.7 Å². The van der Waals surface area contributed by atoms with E-state index in [1.165, 1.54) is 10.3 Å². The fourth-order valence-corrected chi connectivity index (χ4v) is 4.56. The lowest BCUT2D eigenvalue weighted by Gasteiger charge is -2.34. The van der Waals surface area contributed by atoms with Gasteiger partial charge in [-0.1, -0.05) is 17.4 Å². The van der Waals surface area contributed by atoms with Crippen LogP contribution in [0.25, 0.3) is 10.2 Å². The van der Waals surface area contributed by atoms with Crippen LogP contribution in [0.15, 0.2) is 42.5 Å². The van der Waals surface area contributed by atoms with Crippen molar-refractivity contribution in [1.82, 2.24) is 15.2 Å². The van der Waals surface area contributed by atoms with Crippen molar-refractivity contribution in [3.63, 3.8) is 0 Å². The van der Waals surface area contributed by atoms with Crippen LogP contribution < -0.4 is 10.2 Å². The highest BCUT2D eigenvalue weighted by Gasteiger charge is 2.19. The van der Waals surface area contributed by atoms with Crippen LogP contribution in [0.3, 0.4) is 0 Å². The zero-order valence-electron chi connectivity index (χ0n) is 16.4. The van der Waals surface area contributed by atoms with Crippen molar-refractivity contribution in [3.8, 4) is 6.07 Å². The van der Waals surface area contributed by atoms with Gasteiger partial charge in [0.2, 0.25) is 0 Å². The van der Waals surface area contributed by atoms with Gasteiger partial charge in [-0.2, -0.15) is 5.26 Å². The lowest BCUT2D eigenvalue weighted by atomic mass is 10.1. The second kappa shape index (κ2) is 8.60. The van der Waals surface area contributed by atoms with Crippen molar-refractivity contribution in [1.29, 1.82) is 5.26 Å². The molecule has 7 heteroatoms. The molecule has 0 aliphatic carbocycles. The summed E-state index contributed by atoms with van der Waals surface area (Å²) in [6.45, 7) is 7.36. The first-order valence-electron chi connectivity index (χ1n) is 9.75. The predicted molar refractivity (Wildman–Crippen MR) is 117 cm³/mol. The lowest BCUT2D eigenvalue weighted by molar-refractivity contribution is 0.0948. The first-order valence-corrected chi connectivity index (χ1v) is 10.6. The fourth-order valence-electron chi connectivity index (χ4n) is 3.44. The van der Waals surface area contributed by atoms with Crippen molar-refractivity contribution in [2.75, 3.05) is 44.2 Å². The Morgan fingerprint density at radius 3 is 2.66 bits per heavy atom. The smallest absolute Gasteiger partial charge is 0.251 e. The second-order valence-electron chi connectivity index (χ2n) is 7.24. The molecule has 3 aromatic rings. The topological polar surface area (TPSA) is 72.3 Å². The van der Waals surface area contributed by atoms with Gasteiger partial charge in [0.15, 0.2) is 5.13 Å². The molecule has 1 fully saturated rings. The summed E-state index contributed by atoms with van der Waals surface area (Å²) < 4.78 is 1.24. The molecule has 0 saturated carbocycles. The number of aryl methyl sites for hydroxylation is 1. The molecular weight excluding hydrogens is 382 g/mol. The first-order chi connectivity index (χ1) is 14.1. The largest absolute Gasteiger partial charge is 0.351 e. The molecule has 148 valence electrons. The minimum Gasteiger partial charge on any atom is -0.351 e. The molecule has 2 heterocycles. The van der Waals surface area contributed by atoms with Crippen molar-refractivity contribution in [2.45, 2.75) is 6.92 Å². The number of rotatable bonds is 5. The molecular formula is C22H23N5OS. The van der Waals surface area contributed by atoms with E-state index in [1.807, 2.05) is 0 Å². The van der Waals surface area contributed by atoms with Crippen LogP contribution in [-0.4, -0.2) is 55.1 Å². The molecule has 1 saturated heterocycles. The Kier molecular flexibility index (Phi) is 5.74. The second-order valence-corrected chi connectivity index (χ2v) is 8.25. The fraction of sp³-hybridized carbons (Fsp3) is 0.318. The van der Waals surface area contributed by atoms with E-state index < -0.39 is 0 Å². The quantitative estimate of drug-likeness (QED) is 0.706. The minimum absolute atomic E-state index is 0.0992. The molecule has 0 atom stereocenters. The third-order valence-electron chi connectivity index (χ3n) is 5.17. The van der Waals surface area contributed by atoms with Crippen LogP contribution in [0.2, 0.25) is 0 Å². The Morgan fingerprint density at radius 2 is 1.93 bits per heavy atom. The highest BCUT2D eigenvalue weighted by molar-refractivity contribution is 7.22. The number of nitrogens with one attached hydrogen (secondary N) is 1. The molecule has 0 radical (unpaired) electrons. The summed E-state index contributed by atoms with van der Waals surface area (Å²) in [7, 11) is 0. The monoisotopic (exact) mass is 405 g/mol. The average Bonchev–Trinajstić information content (AvgIpc) is 3.17. The van der Waals surface area contributed by atoms with Crippen LogP contribution in [-0.2, 0) is 0 Å². The SMILES string of the molecule is Cc1ccc2nc(N3CCN(CCNC(=O)c4ccc(C#N)cc4)CC3)sc2c1. The molecule has 1 amide bonds. The number of thiazole rings is 1. The minimum atomic E-state index is -0.0992. The van der Waals surface area contributed by atoms with Crippen molar-refractivity contribution >= 4 is 32.6 Å². The molecule has 0 bridgehead atoms. The van der Waals surface area contributed by atoms with Gasteiger partial charge in [0.1, 0.15) is 0 Å². The molecule has 1 aromatic heterocycles. The van der Waals surface area contributed by atoms with E-state index in [4.69, 9.17) is 10.2 Å². The molecule has 1 aliphatic rings. The number of amides is 1. The van der Waals surface area contributed by atoms with E-state index in [2.05, 4.69) is 46.3 Å². The summed E-state index contributed by atoms with van der Waals surface area (Å²) >= 11 is 1.76. The summed E-state index contributed by atoms with van der Waals surface area (Å²) in [4.78, 5) is 21.7. The van der Waals surface area contributed by atoms with E-state index in [9.17, 15) is 4.79 Å². The molecule has 0 spiro atoms. The van der Waals surface area contributed by atoms with Crippen LogP contribution in [0, 0.1) is 18.3 Å². The number of anilines is 1. The first kappa shape index (κ1) is 19.4. The third kappa shape index (κ3) is 4.56. The lowest BCUT2D eigenvalue weighted by Crippen LogP contribution is -2.48. The zero-order chi connectivity index (χ0) is 20.2. The van der Waals surface area contributed by atoms with Crippen LogP contribution >= 0.6 is 11.3 Å². The Hall–Kier alpha value is -2.95. The van der Waals surface area contributed by atoms with Gasteiger partial charge in [-0.3, -0.25) is 9.69 Å². The van der Waals surface area contributed by atoms with Gasteiger partial charge in [0, 0.05) is 44.8 Å². The standard InChI is InChI=1S/C22H23N5OS/c1-16-2-7-19-20(14-16)29-22(25-19)27-12-10-26(11-13-27)9-8-24-21(28)18-5-3-17(15-23)4-6-18/h2-7,14H,8-13H2,1H3,(H,24,28). The Bertz CT molecular complexity index is 1050. The van der Waals surface area contributed by atoms with Gasteiger partial charge in [0.25, 0.3) is 5.91 Å². The van der Waals surface area contributed by atoms with Crippen molar-refractivity contribution in [3.05, 3.63) is 59.2 Å². The van der Waals surface area contributed by atoms with E-state index in [0.717, 1.165) is 43.4 Å². The summed E-state index contributed by atoms with van der Waals surface area (Å²) in [6.07, 6.45) is 0. The molecule has 6 nitrogen and oxygen atoms in total. The molecule has 1 N–H and O–H groups in total. The molecule has 4 rings (SSSR count).